The van der Waals surface area contributed by atoms with Gasteiger partial charge in [-0.3, -0.25) is 4.79 Å². The molecule has 1 rings (SSSR count). The van der Waals surface area contributed by atoms with Gasteiger partial charge in [0.05, 0.1) is 0 Å². The van der Waals surface area contributed by atoms with Gasteiger partial charge in [0.25, 0.3) is 0 Å². The van der Waals surface area contributed by atoms with E-state index in [4.69, 9.17) is 5.73 Å². The van der Waals surface area contributed by atoms with Crippen molar-refractivity contribution in [2.24, 2.45) is 5.73 Å². The second-order valence-electron chi connectivity index (χ2n) is 4.20. The Hall–Kier alpha value is -0.220. The number of thioether (sulfide) groups is 1. The van der Waals surface area contributed by atoms with E-state index in [1.165, 1.54) is 18.6 Å². The van der Waals surface area contributed by atoms with E-state index in [1.54, 1.807) is 0 Å². The van der Waals surface area contributed by atoms with Crippen molar-refractivity contribution in [1.82, 2.24) is 5.32 Å². The predicted molar refractivity (Wildman–Crippen MR) is 66.0 cm³/mol. The maximum atomic E-state index is 10.5. The summed E-state index contributed by atoms with van der Waals surface area (Å²) in [5.74, 6) is 1.12. The average molecular weight is 230 g/mol. The minimum Gasteiger partial charge on any atom is -0.370 e. The highest BCUT2D eigenvalue weighted by molar-refractivity contribution is 7.99. The van der Waals surface area contributed by atoms with Gasteiger partial charge in [-0.1, -0.05) is 6.92 Å². The predicted octanol–water partition coefficient (Wildman–Crippen LogP) is 1.52. The van der Waals surface area contributed by atoms with Gasteiger partial charge < -0.3 is 11.1 Å². The molecule has 4 heteroatoms. The Morgan fingerprint density at radius 1 is 1.53 bits per heavy atom. The number of carbonyl (C=O) groups is 1. The van der Waals surface area contributed by atoms with Gasteiger partial charge in [0.2, 0.25) is 5.91 Å². The van der Waals surface area contributed by atoms with Crippen LogP contribution in [0.3, 0.4) is 0 Å². The van der Waals surface area contributed by atoms with Crippen LogP contribution >= 0.6 is 11.8 Å². The molecule has 3 nitrogen and oxygen atoms in total. The van der Waals surface area contributed by atoms with E-state index in [2.05, 4.69) is 24.0 Å². The minimum absolute atomic E-state index is 0.184. The number of rotatable bonds is 6. The quantitative estimate of drug-likeness (QED) is 0.680. The Bertz CT molecular complexity index is 199. The highest BCUT2D eigenvalue weighted by Crippen LogP contribution is 2.24. The van der Waals surface area contributed by atoms with E-state index in [-0.39, 0.29) is 5.91 Å². The van der Waals surface area contributed by atoms with Crippen LogP contribution in [0.2, 0.25) is 0 Å². The van der Waals surface area contributed by atoms with Gasteiger partial charge in [0, 0.05) is 17.7 Å². The fourth-order valence-electron chi connectivity index (χ4n) is 1.90. The molecule has 0 aromatic rings. The molecule has 2 unspecified atom stereocenters. The first-order valence-corrected chi connectivity index (χ1v) is 6.88. The van der Waals surface area contributed by atoms with Gasteiger partial charge in [0.1, 0.15) is 0 Å². The number of nitrogens with two attached hydrogens (primary N) is 1. The molecule has 1 fully saturated rings. The van der Waals surface area contributed by atoms with Gasteiger partial charge in [0.15, 0.2) is 0 Å². The van der Waals surface area contributed by atoms with E-state index in [0.717, 1.165) is 24.6 Å². The third-order valence-corrected chi connectivity index (χ3v) is 4.24. The SMILES string of the molecule is CC1SCCCC1NCCCCC(N)=O. The summed E-state index contributed by atoms with van der Waals surface area (Å²) < 4.78 is 0. The number of hydrogen-bond acceptors (Lipinski definition) is 3. The number of amides is 1. The van der Waals surface area contributed by atoms with Crippen molar-refractivity contribution in [2.45, 2.75) is 50.3 Å². The van der Waals surface area contributed by atoms with E-state index >= 15 is 0 Å². The summed E-state index contributed by atoms with van der Waals surface area (Å²) in [6.45, 7) is 3.31. The summed E-state index contributed by atoms with van der Waals surface area (Å²) >= 11 is 2.06. The molecule has 0 bridgehead atoms. The van der Waals surface area contributed by atoms with Crippen LogP contribution in [0.5, 0.6) is 0 Å². The van der Waals surface area contributed by atoms with E-state index in [9.17, 15) is 4.79 Å². The van der Waals surface area contributed by atoms with Crippen LogP contribution in [0.15, 0.2) is 0 Å². The maximum absolute atomic E-state index is 10.5. The molecule has 0 radical (unpaired) electrons. The summed E-state index contributed by atoms with van der Waals surface area (Å²) in [7, 11) is 0. The van der Waals surface area contributed by atoms with Crippen molar-refractivity contribution in [3.05, 3.63) is 0 Å². The Kier molecular flexibility index (Phi) is 6.10. The molecule has 88 valence electrons. The molecule has 15 heavy (non-hydrogen) atoms. The van der Waals surface area contributed by atoms with Crippen LogP contribution in [0, 0.1) is 0 Å². The van der Waals surface area contributed by atoms with E-state index in [1.807, 2.05) is 0 Å². The number of carbonyl (C=O) groups excluding carboxylic acids is 1. The monoisotopic (exact) mass is 230 g/mol. The Balaban J connectivity index is 2.01. The topological polar surface area (TPSA) is 55.1 Å². The standard InChI is InChI=1S/C11H22N2OS/c1-9-10(5-4-8-15-9)13-7-3-2-6-11(12)14/h9-10,13H,2-8H2,1H3,(H2,12,14). The molecule has 2 atom stereocenters. The van der Waals surface area contributed by atoms with Crippen LogP contribution in [0.25, 0.3) is 0 Å². The van der Waals surface area contributed by atoms with Crippen LogP contribution in [-0.2, 0) is 4.79 Å². The van der Waals surface area contributed by atoms with E-state index in [0.29, 0.717) is 12.5 Å². The molecule has 1 saturated heterocycles. The lowest BCUT2D eigenvalue weighted by atomic mass is 10.1. The third-order valence-electron chi connectivity index (χ3n) is 2.86. The van der Waals surface area contributed by atoms with Crippen molar-refractivity contribution in [1.29, 1.82) is 0 Å². The zero-order valence-electron chi connectivity index (χ0n) is 9.50. The molecular weight excluding hydrogens is 208 g/mol. The molecule has 1 amide bonds. The van der Waals surface area contributed by atoms with Gasteiger partial charge in [-0.15, -0.1) is 0 Å². The summed E-state index contributed by atoms with van der Waals surface area (Å²) in [6.07, 6.45) is 5.11. The molecule has 0 spiro atoms. The van der Waals surface area contributed by atoms with E-state index < -0.39 is 0 Å². The van der Waals surface area contributed by atoms with Crippen molar-refractivity contribution in [3.63, 3.8) is 0 Å². The minimum atomic E-state index is -0.184. The van der Waals surface area contributed by atoms with Gasteiger partial charge in [-0.25, -0.2) is 0 Å². The van der Waals surface area contributed by atoms with Gasteiger partial charge >= 0.3 is 0 Å². The van der Waals surface area contributed by atoms with Crippen LogP contribution in [0.4, 0.5) is 0 Å². The molecular formula is C11H22N2OS. The highest BCUT2D eigenvalue weighted by atomic mass is 32.2. The fraction of sp³-hybridized carbons (Fsp3) is 0.909. The Morgan fingerprint density at radius 3 is 3.00 bits per heavy atom. The summed E-state index contributed by atoms with van der Waals surface area (Å²) in [5.41, 5.74) is 5.08. The molecule has 0 aromatic heterocycles. The molecule has 0 saturated carbocycles. The first-order chi connectivity index (χ1) is 7.20. The van der Waals surface area contributed by atoms with Crippen molar-refractivity contribution >= 4 is 17.7 Å². The normalized spacial score (nSPS) is 26.5. The second-order valence-corrected chi connectivity index (χ2v) is 5.69. The number of nitrogens with one attached hydrogen (secondary N) is 1. The van der Waals surface area contributed by atoms with Crippen LogP contribution < -0.4 is 11.1 Å². The zero-order chi connectivity index (χ0) is 11.1. The molecule has 1 aliphatic heterocycles. The number of unbranched alkanes of at least 4 members (excludes halogenated alkanes) is 1. The number of hydrogen-bond donors (Lipinski definition) is 2. The molecule has 0 aliphatic carbocycles. The summed E-state index contributed by atoms with van der Waals surface area (Å²) in [5, 5.41) is 4.30. The molecule has 1 aliphatic rings. The molecule has 3 N–H and O–H groups in total. The first kappa shape index (κ1) is 12.8. The maximum Gasteiger partial charge on any atom is 0.217 e. The highest BCUT2D eigenvalue weighted by Gasteiger charge is 2.20. The fourth-order valence-corrected chi connectivity index (χ4v) is 3.07. The lowest BCUT2D eigenvalue weighted by molar-refractivity contribution is -0.118. The number of primary amides is 1. The summed E-state index contributed by atoms with van der Waals surface area (Å²) in [6, 6.07) is 0.664. The van der Waals surface area contributed by atoms with Crippen LogP contribution in [0.1, 0.15) is 39.0 Å². The smallest absolute Gasteiger partial charge is 0.217 e. The lowest BCUT2D eigenvalue weighted by Gasteiger charge is -2.29. The first-order valence-electron chi connectivity index (χ1n) is 5.83. The van der Waals surface area contributed by atoms with Crippen LogP contribution in [-0.4, -0.2) is 29.5 Å². The summed E-state index contributed by atoms with van der Waals surface area (Å²) in [4.78, 5) is 10.5. The largest absolute Gasteiger partial charge is 0.370 e. The van der Waals surface area contributed by atoms with Crippen molar-refractivity contribution < 1.29 is 4.79 Å². The Morgan fingerprint density at radius 2 is 2.33 bits per heavy atom. The second kappa shape index (κ2) is 7.12. The Labute approximate surface area is 96.6 Å². The van der Waals surface area contributed by atoms with Crippen molar-refractivity contribution in [3.8, 4) is 0 Å². The van der Waals surface area contributed by atoms with Gasteiger partial charge in [-0.2, -0.15) is 11.8 Å². The molecule has 0 aromatic carbocycles. The van der Waals surface area contributed by atoms with Gasteiger partial charge in [-0.05, 0) is 38.0 Å². The average Bonchev–Trinajstić information content (AvgIpc) is 2.20. The zero-order valence-corrected chi connectivity index (χ0v) is 10.3. The molecule has 1 heterocycles. The third kappa shape index (κ3) is 5.42. The lowest BCUT2D eigenvalue weighted by Crippen LogP contribution is -2.39. The van der Waals surface area contributed by atoms with Crippen molar-refractivity contribution in [2.75, 3.05) is 12.3 Å².